The van der Waals surface area contributed by atoms with E-state index in [1.165, 1.54) is 19.3 Å². The third-order valence-electron chi connectivity index (χ3n) is 3.33. The Hall–Kier alpha value is -1.04. The second-order valence-electron chi connectivity index (χ2n) is 4.40. The van der Waals surface area contributed by atoms with Crippen LogP contribution in [0.4, 0.5) is 0 Å². The highest BCUT2D eigenvalue weighted by Crippen LogP contribution is 2.27. The second kappa shape index (κ2) is 9.94. The van der Waals surface area contributed by atoms with Crippen LogP contribution in [0.25, 0.3) is 0 Å². The summed E-state index contributed by atoms with van der Waals surface area (Å²) in [5, 5.41) is 8.61. The SMILES string of the molecule is CC.CC.N#CC1CN(C(=O)C2CCCCC2)C1. The summed E-state index contributed by atoms with van der Waals surface area (Å²) in [5.41, 5.74) is 0. The van der Waals surface area contributed by atoms with Crippen molar-refractivity contribution >= 4 is 5.91 Å². The highest BCUT2D eigenvalue weighted by atomic mass is 16.2. The Morgan fingerprint density at radius 3 is 2.00 bits per heavy atom. The van der Waals surface area contributed by atoms with Gasteiger partial charge in [0.25, 0.3) is 0 Å². The van der Waals surface area contributed by atoms with Crippen molar-refractivity contribution in [3.05, 3.63) is 0 Å². The molecule has 0 aromatic rings. The van der Waals surface area contributed by atoms with Gasteiger partial charge in [-0.15, -0.1) is 0 Å². The van der Waals surface area contributed by atoms with Crippen molar-refractivity contribution in [2.75, 3.05) is 13.1 Å². The van der Waals surface area contributed by atoms with Crippen LogP contribution in [0.3, 0.4) is 0 Å². The molecule has 0 atom stereocenters. The molecule has 2 rings (SSSR count). The number of hydrogen-bond acceptors (Lipinski definition) is 2. The number of nitriles is 1. The predicted octanol–water partition coefficient (Wildman–Crippen LogP) is 3.60. The summed E-state index contributed by atoms with van der Waals surface area (Å²) >= 11 is 0. The molecule has 2 fully saturated rings. The maximum Gasteiger partial charge on any atom is 0.225 e. The average Bonchev–Trinajstić information content (AvgIpc) is 2.43. The van der Waals surface area contributed by atoms with E-state index in [4.69, 9.17) is 5.26 Å². The van der Waals surface area contributed by atoms with E-state index in [1.54, 1.807) is 0 Å². The first-order chi connectivity index (χ1) is 8.81. The van der Waals surface area contributed by atoms with Crippen LogP contribution < -0.4 is 0 Å². The quantitative estimate of drug-likeness (QED) is 0.715. The Kier molecular flexibility index (Phi) is 9.36. The molecule has 0 unspecified atom stereocenters. The zero-order valence-electron chi connectivity index (χ0n) is 12.4. The predicted molar refractivity (Wildman–Crippen MR) is 75.0 cm³/mol. The third-order valence-corrected chi connectivity index (χ3v) is 3.33. The molecule has 3 nitrogen and oxygen atoms in total. The number of carbonyl (C=O) groups excluding carboxylic acids is 1. The van der Waals surface area contributed by atoms with Gasteiger partial charge in [0.05, 0.1) is 12.0 Å². The molecule has 0 bridgehead atoms. The van der Waals surface area contributed by atoms with Gasteiger partial charge >= 0.3 is 0 Å². The monoisotopic (exact) mass is 252 g/mol. The van der Waals surface area contributed by atoms with Crippen molar-refractivity contribution in [1.82, 2.24) is 4.90 Å². The molecule has 1 heterocycles. The fraction of sp³-hybridized carbons (Fsp3) is 0.867. The molecular formula is C15H28N2O. The van der Waals surface area contributed by atoms with Crippen molar-refractivity contribution in [2.24, 2.45) is 11.8 Å². The number of nitrogens with zero attached hydrogens (tertiary/aromatic N) is 2. The largest absolute Gasteiger partial charge is 0.340 e. The zero-order chi connectivity index (χ0) is 14.0. The van der Waals surface area contributed by atoms with Crippen LogP contribution in [-0.4, -0.2) is 23.9 Å². The summed E-state index contributed by atoms with van der Waals surface area (Å²) in [6, 6.07) is 2.20. The molecule has 2 aliphatic rings. The molecule has 104 valence electrons. The molecule has 0 spiro atoms. The molecule has 1 saturated heterocycles. The molecule has 0 aromatic heterocycles. The molecule has 1 amide bonds. The molecule has 1 aliphatic carbocycles. The van der Waals surface area contributed by atoms with Gasteiger partial charge < -0.3 is 4.90 Å². The van der Waals surface area contributed by atoms with E-state index in [9.17, 15) is 4.79 Å². The minimum Gasteiger partial charge on any atom is -0.340 e. The zero-order valence-corrected chi connectivity index (χ0v) is 12.4. The molecular weight excluding hydrogens is 224 g/mol. The first-order valence-corrected chi connectivity index (χ1v) is 7.49. The van der Waals surface area contributed by atoms with E-state index < -0.39 is 0 Å². The highest BCUT2D eigenvalue weighted by molar-refractivity contribution is 5.79. The summed E-state index contributed by atoms with van der Waals surface area (Å²) < 4.78 is 0. The molecule has 0 radical (unpaired) electrons. The van der Waals surface area contributed by atoms with Crippen LogP contribution in [0, 0.1) is 23.2 Å². The Labute approximate surface area is 112 Å². The van der Waals surface area contributed by atoms with E-state index >= 15 is 0 Å². The van der Waals surface area contributed by atoms with Crippen LogP contribution in [0.2, 0.25) is 0 Å². The van der Waals surface area contributed by atoms with Crippen molar-refractivity contribution in [2.45, 2.75) is 59.8 Å². The van der Waals surface area contributed by atoms with Crippen LogP contribution >= 0.6 is 0 Å². The van der Waals surface area contributed by atoms with Gasteiger partial charge in [-0.2, -0.15) is 5.26 Å². The van der Waals surface area contributed by atoms with Crippen molar-refractivity contribution in [3.63, 3.8) is 0 Å². The lowest BCUT2D eigenvalue weighted by Gasteiger charge is -2.38. The van der Waals surface area contributed by atoms with Gasteiger partial charge in [-0.3, -0.25) is 4.79 Å². The lowest BCUT2D eigenvalue weighted by Crippen LogP contribution is -2.51. The van der Waals surface area contributed by atoms with Gasteiger partial charge in [0.15, 0.2) is 0 Å². The molecule has 1 aliphatic heterocycles. The summed E-state index contributed by atoms with van der Waals surface area (Å²) in [7, 11) is 0. The molecule has 3 heteroatoms. The minimum absolute atomic E-state index is 0.0996. The fourth-order valence-corrected chi connectivity index (χ4v) is 2.35. The van der Waals surface area contributed by atoms with E-state index in [0.29, 0.717) is 19.0 Å². The van der Waals surface area contributed by atoms with Gasteiger partial charge in [-0.05, 0) is 12.8 Å². The number of hydrogen-bond donors (Lipinski definition) is 0. The smallest absolute Gasteiger partial charge is 0.225 e. The first kappa shape index (κ1) is 17.0. The maximum atomic E-state index is 11.9. The van der Waals surface area contributed by atoms with Crippen LogP contribution in [0.5, 0.6) is 0 Å². The van der Waals surface area contributed by atoms with Crippen molar-refractivity contribution < 1.29 is 4.79 Å². The Balaban J connectivity index is 0.000000659. The Bertz CT molecular complexity index is 258. The van der Waals surface area contributed by atoms with Gasteiger partial charge in [0, 0.05) is 19.0 Å². The molecule has 1 saturated carbocycles. The van der Waals surface area contributed by atoms with Gasteiger partial charge in [-0.1, -0.05) is 47.0 Å². The van der Waals surface area contributed by atoms with E-state index in [1.807, 2.05) is 32.6 Å². The molecule has 0 aromatic carbocycles. The highest BCUT2D eigenvalue weighted by Gasteiger charge is 2.34. The Morgan fingerprint density at radius 1 is 1.06 bits per heavy atom. The summed E-state index contributed by atoms with van der Waals surface area (Å²) in [5.74, 6) is 0.669. The third kappa shape index (κ3) is 4.68. The first-order valence-electron chi connectivity index (χ1n) is 7.49. The number of amides is 1. The Morgan fingerprint density at radius 2 is 1.56 bits per heavy atom. The van der Waals surface area contributed by atoms with Gasteiger partial charge in [0.2, 0.25) is 5.91 Å². The number of carbonyl (C=O) groups is 1. The molecule has 0 N–H and O–H groups in total. The van der Waals surface area contributed by atoms with Gasteiger partial charge in [-0.25, -0.2) is 0 Å². The molecule has 18 heavy (non-hydrogen) atoms. The van der Waals surface area contributed by atoms with Crippen molar-refractivity contribution in [3.8, 4) is 6.07 Å². The topological polar surface area (TPSA) is 44.1 Å². The average molecular weight is 252 g/mol. The fourth-order valence-electron chi connectivity index (χ4n) is 2.35. The number of rotatable bonds is 1. The normalized spacial score (nSPS) is 19.4. The van der Waals surface area contributed by atoms with E-state index in [-0.39, 0.29) is 11.8 Å². The van der Waals surface area contributed by atoms with Crippen molar-refractivity contribution in [1.29, 1.82) is 5.26 Å². The van der Waals surface area contributed by atoms with Gasteiger partial charge in [0.1, 0.15) is 0 Å². The lowest BCUT2D eigenvalue weighted by molar-refractivity contribution is -0.141. The van der Waals surface area contributed by atoms with Crippen LogP contribution in [-0.2, 0) is 4.79 Å². The maximum absolute atomic E-state index is 11.9. The van der Waals surface area contributed by atoms with Crippen LogP contribution in [0.15, 0.2) is 0 Å². The van der Waals surface area contributed by atoms with Crippen LogP contribution in [0.1, 0.15) is 59.8 Å². The standard InChI is InChI=1S/C11H16N2O.2C2H6/c12-6-9-7-13(8-9)11(14)10-4-2-1-3-5-10;2*1-2/h9-10H,1-5,7-8H2;2*1-2H3. The van der Waals surface area contributed by atoms with E-state index in [2.05, 4.69) is 6.07 Å². The second-order valence-corrected chi connectivity index (χ2v) is 4.40. The summed E-state index contributed by atoms with van der Waals surface area (Å²) in [6.07, 6.45) is 5.81. The summed E-state index contributed by atoms with van der Waals surface area (Å²) in [4.78, 5) is 13.7. The lowest BCUT2D eigenvalue weighted by atomic mass is 9.87. The van der Waals surface area contributed by atoms with E-state index in [0.717, 1.165) is 12.8 Å². The summed E-state index contributed by atoms with van der Waals surface area (Å²) in [6.45, 7) is 9.34. The number of likely N-dealkylation sites (tertiary alicyclic amines) is 1. The minimum atomic E-state index is 0.0996.